The summed E-state index contributed by atoms with van der Waals surface area (Å²) in [4.78, 5) is 10.5. The number of hydrogen-bond acceptors (Lipinski definition) is 4. The Hall–Kier alpha value is -1.17. The number of carboxylic acids is 1. The first-order chi connectivity index (χ1) is 6.97. The molecule has 0 aromatic heterocycles. The Labute approximate surface area is 87.8 Å². The van der Waals surface area contributed by atoms with Gasteiger partial charge in [-0.05, 0) is 18.1 Å². The fourth-order valence-electron chi connectivity index (χ4n) is 1.29. The van der Waals surface area contributed by atoms with Crippen LogP contribution in [0.15, 0.2) is 23.8 Å². The first-order valence-corrected chi connectivity index (χ1v) is 4.61. The van der Waals surface area contributed by atoms with Gasteiger partial charge in [0.2, 0.25) is 0 Å². The summed E-state index contributed by atoms with van der Waals surface area (Å²) in [6.45, 7) is 0. The molecule has 0 saturated heterocycles. The summed E-state index contributed by atoms with van der Waals surface area (Å²) < 4.78 is 4.86. The van der Waals surface area contributed by atoms with Crippen LogP contribution in [-0.2, 0) is 9.53 Å². The van der Waals surface area contributed by atoms with Crippen LogP contribution in [0.4, 0.5) is 0 Å². The van der Waals surface area contributed by atoms with Gasteiger partial charge in [-0.2, -0.15) is 0 Å². The van der Waals surface area contributed by atoms with E-state index in [1.807, 2.05) is 0 Å². The maximum atomic E-state index is 10.5. The normalized spacial score (nSPS) is 27.3. The predicted molar refractivity (Wildman–Crippen MR) is 54.0 cm³/mol. The topological polar surface area (TPSA) is 92.8 Å². The fourth-order valence-corrected chi connectivity index (χ4v) is 1.29. The Morgan fingerprint density at radius 1 is 1.80 bits per heavy atom. The summed E-state index contributed by atoms with van der Waals surface area (Å²) in [5, 5.41) is 18.3. The first-order valence-electron chi connectivity index (χ1n) is 4.61. The molecule has 84 valence electrons. The highest BCUT2D eigenvalue weighted by Gasteiger charge is 2.24. The van der Waals surface area contributed by atoms with Gasteiger partial charge in [-0.1, -0.05) is 12.2 Å². The Balaban J connectivity index is 2.56. The van der Waals surface area contributed by atoms with E-state index in [0.29, 0.717) is 6.42 Å². The van der Waals surface area contributed by atoms with Crippen molar-refractivity contribution in [3.8, 4) is 0 Å². The van der Waals surface area contributed by atoms with E-state index in [-0.39, 0.29) is 6.42 Å². The zero-order valence-electron chi connectivity index (χ0n) is 8.51. The minimum absolute atomic E-state index is 0.256. The molecule has 0 saturated carbocycles. The van der Waals surface area contributed by atoms with Gasteiger partial charge in [-0.15, -0.1) is 0 Å². The Morgan fingerprint density at radius 3 is 2.87 bits per heavy atom. The minimum atomic E-state index is -1.27. The smallest absolute Gasteiger partial charge is 0.320 e. The van der Waals surface area contributed by atoms with Gasteiger partial charge in [0.05, 0.1) is 0 Å². The number of rotatable bonds is 4. The number of carboxylic acid groups (broad SMARTS) is 1. The molecule has 0 bridgehead atoms. The van der Waals surface area contributed by atoms with Crippen molar-refractivity contribution in [3.05, 3.63) is 23.8 Å². The molecule has 0 heterocycles. The highest BCUT2D eigenvalue weighted by molar-refractivity contribution is 5.73. The summed E-state index contributed by atoms with van der Waals surface area (Å²) in [6.07, 6.45) is 5.42. The molecule has 0 fully saturated rings. The molecule has 1 aliphatic rings. The second-order valence-electron chi connectivity index (χ2n) is 3.51. The van der Waals surface area contributed by atoms with E-state index in [4.69, 9.17) is 15.6 Å². The number of nitrogens with two attached hydrogens (primary N) is 1. The number of allylic oxidation sites excluding steroid dienone is 1. The second-order valence-corrected chi connectivity index (χ2v) is 3.51. The molecular weight excluding hydrogens is 198 g/mol. The molecule has 1 rings (SSSR count). The van der Waals surface area contributed by atoms with Crippen molar-refractivity contribution >= 4 is 5.97 Å². The molecule has 5 heteroatoms. The molecule has 1 aliphatic carbocycles. The van der Waals surface area contributed by atoms with E-state index in [2.05, 4.69) is 0 Å². The molecule has 4 N–H and O–H groups in total. The van der Waals surface area contributed by atoms with Gasteiger partial charge < -0.3 is 20.7 Å². The van der Waals surface area contributed by atoms with Crippen molar-refractivity contribution in [3.63, 3.8) is 0 Å². The molecular formula is C10H15NO4. The van der Waals surface area contributed by atoms with E-state index in [9.17, 15) is 9.90 Å². The van der Waals surface area contributed by atoms with E-state index in [1.165, 1.54) is 13.2 Å². The highest BCUT2D eigenvalue weighted by Crippen LogP contribution is 2.23. The molecule has 1 unspecified atom stereocenters. The van der Waals surface area contributed by atoms with E-state index in [0.717, 1.165) is 5.57 Å². The molecule has 2 atom stereocenters. The van der Waals surface area contributed by atoms with Crippen molar-refractivity contribution in [2.75, 3.05) is 7.11 Å². The summed E-state index contributed by atoms with van der Waals surface area (Å²) in [5.74, 6) is -2.30. The molecule has 5 nitrogen and oxygen atoms in total. The standard InChI is InChI=1S/C10H15NO4/c1-15-10(14)4-2-7(3-5-10)6-8(11)9(12)13/h2-4,8,14H,5-6,11H2,1H3,(H,12,13)/t8-,10?/m1/s1. The van der Waals surface area contributed by atoms with Crippen LogP contribution in [0.2, 0.25) is 0 Å². The zero-order valence-corrected chi connectivity index (χ0v) is 8.51. The van der Waals surface area contributed by atoms with Crippen LogP contribution in [0, 0.1) is 0 Å². The van der Waals surface area contributed by atoms with Crippen molar-refractivity contribution < 1.29 is 19.7 Å². The van der Waals surface area contributed by atoms with Crippen LogP contribution >= 0.6 is 0 Å². The zero-order chi connectivity index (χ0) is 11.5. The van der Waals surface area contributed by atoms with E-state index in [1.54, 1.807) is 12.2 Å². The highest BCUT2D eigenvalue weighted by atomic mass is 16.6. The van der Waals surface area contributed by atoms with E-state index >= 15 is 0 Å². The number of ether oxygens (including phenoxy) is 1. The Bertz CT molecular complexity index is 311. The van der Waals surface area contributed by atoms with Gasteiger partial charge in [0.25, 0.3) is 0 Å². The molecule has 0 amide bonds. The van der Waals surface area contributed by atoms with Crippen LogP contribution < -0.4 is 5.73 Å². The lowest BCUT2D eigenvalue weighted by Crippen LogP contribution is -2.32. The first kappa shape index (κ1) is 11.9. The summed E-state index contributed by atoms with van der Waals surface area (Å²) >= 11 is 0. The SMILES string of the molecule is COC1(O)C=CC(C[C@@H](N)C(=O)O)=CC1. The van der Waals surface area contributed by atoms with Gasteiger partial charge >= 0.3 is 5.97 Å². The predicted octanol–water partition coefficient (Wildman–Crippen LogP) is 0.00970. The van der Waals surface area contributed by atoms with Gasteiger partial charge in [0.15, 0.2) is 5.79 Å². The van der Waals surface area contributed by atoms with Gasteiger partial charge in [-0.3, -0.25) is 4.79 Å². The molecule has 0 spiro atoms. The Morgan fingerprint density at radius 2 is 2.47 bits per heavy atom. The number of aliphatic carboxylic acids is 1. The summed E-state index contributed by atoms with van der Waals surface area (Å²) in [5.41, 5.74) is 6.18. The van der Waals surface area contributed by atoms with Crippen LogP contribution in [0.25, 0.3) is 0 Å². The second kappa shape index (κ2) is 4.57. The largest absolute Gasteiger partial charge is 0.480 e. The average Bonchev–Trinajstić information content (AvgIpc) is 2.21. The maximum absolute atomic E-state index is 10.5. The number of aliphatic hydroxyl groups is 1. The quantitative estimate of drug-likeness (QED) is 0.572. The fraction of sp³-hybridized carbons (Fsp3) is 0.500. The minimum Gasteiger partial charge on any atom is -0.480 e. The summed E-state index contributed by atoms with van der Waals surface area (Å²) in [6, 6.07) is -0.908. The number of methoxy groups -OCH3 is 1. The molecule has 0 aliphatic heterocycles. The van der Waals surface area contributed by atoms with Crippen LogP contribution in [0.1, 0.15) is 12.8 Å². The third-order valence-electron chi connectivity index (χ3n) is 2.34. The lowest BCUT2D eigenvalue weighted by Gasteiger charge is -2.25. The van der Waals surface area contributed by atoms with Crippen LogP contribution in [0.5, 0.6) is 0 Å². The Kier molecular flexibility index (Phi) is 3.62. The molecule has 0 radical (unpaired) electrons. The number of hydrogen-bond donors (Lipinski definition) is 3. The molecule has 0 aromatic rings. The lowest BCUT2D eigenvalue weighted by molar-refractivity contribution is -0.143. The van der Waals surface area contributed by atoms with Gasteiger partial charge in [0, 0.05) is 13.5 Å². The lowest BCUT2D eigenvalue weighted by atomic mass is 9.97. The number of carbonyl (C=O) groups is 1. The van der Waals surface area contributed by atoms with Gasteiger partial charge in [0.1, 0.15) is 6.04 Å². The maximum Gasteiger partial charge on any atom is 0.320 e. The van der Waals surface area contributed by atoms with Crippen molar-refractivity contribution in [2.45, 2.75) is 24.7 Å². The average molecular weight is 213 g/mol. The van der Waals surface area contributed by atoms with Gasteiger partial charge in [-0.25, -0.2) is 0 Å². The monoisotopic (exact) mass is 213 g/mol. The molecule has 15 heavy (non-hydrogen) atoms. The third-order valence-corrected chi connectivity index (χ3v) is 2.34. The summed E-state index contributed by atoms with van der Waals surface area (Å²) in [7, 11) is 1.41. The van der Waals surface area contributed by atoms with Crippen LogP contribution in [-0.4, -0.2) is 35.1 Å². The van der Waals surface area contributed by atoms with E-state index < -0.39 is 17.8 Å². The van der Waals surface area contributed by atoms with Crippen molar-refractivity contribution in [2.24, 2.45) is 5.73 Å². The third kappa shape index (κ3) is 3.16. The van der Waals surface area contributed by atoms with Crippen LogP contribution in [0.3, 0.4) is 0 Å². The van der Waals surface area contributed by atoms with Crippen molar-refractivity contribution in [1.82, 2.24) is 0 Å². The van der Waals surface area contributed by atoms with Crippen molar-refractivity contribution in [1.29, 1.82) is 0 Å². The molecule has 0 aromatic carbocycles.